The summed E-state index contributed by atoms with van der Waals surface area (Å²) >= 11 is 1.60. The van der Waals surface area contributed by atoms with Crippen LogP contribution in [0, 0.1) is 0 Å². The number of aryl methyl sites for hydroxylation is 1. The Morgan fingerprint density at radius 1 is 1.27 bits per heavy atom. The lowest BCUT2D eigenvalue weighted by Gasteiger charge is -2.47. The summed E-state index contributed by atoms with van der Waals surface area (Å²) in [5, 5.41) is 14.6. The quantitative estimate of drug-likeness (QED) is 0.739. The minimum absolute atomic E-state index is 0.237. The van der Waals surface area contributed by atoms with Gasteiger partial charge in [0, 0.05) is 17.8 Å². The summed E-state index contributed by atoms with van der Waals surface area (Å²) in [7, 11) is 0. The molecule has 0 saturated heterocycles. The Morgan fingerprint density at radius 3 is 2.50 bits per heavy atom. The van der Waals surface area contributed by atoms with Crippen LogP contribution in [0.25, 0.3) is 0 Å². The molecule has 6 heteroatoms. The van der Waals surface area contributed by atoms with E-state index in [4.69, 9.17) is 0 Å². The maximum Gasteiger partial charge on any atom is 0.408 e. The van der Waals surface area contributed by atoms with Gasteiger partial charge in [-0.1, -0.05) is 30.3 Å². The van der Waals surface area contributed by atoms with Gasteiger partial charge in [-0.15, -0.1) is 11.8 Å². The second-order valence-electron chi connectivity index (χ2n) is 7.48. The van der Waals surface area contributed by atoms with Crippen molar-refractivity contribution in [2.45, 2.75) is 51.1 Å². The fourth-order valence-corrected chi connectivity index (χ4v) is 4.24. The molecule has 26 heavy (non-hydrogen) atoms. The van der Waals surface area contributed by atoms with Gasteiger partial charge in [0.1, 0.15) is 5.54 Å². The van der Waals surface area contributed by atoms with Crippen molar-refractivity contribution >= 4 is 23.8 Å². The number of amides is 2. The van der Waals surface area contributed by atoms with E-state index < -0.39 is 17.2 Å². The molecule has 1 aromatic carbocycles. The molecule has 0 aromatic heterocycles. The third-order valence-corrected chi connectivity index (χ3v) is 5.23. The maximum absolute atomic E-state index is 13.0. The minimum Gasteiger partial charge on any atom is -0.465 e. The summed E-state index contributed by atoms with van der Waals surface area (Å²) in [6.07, 6.45) is 2.83. The van der Waals surface area contributed by atoms with Gasteiger partial charge in [-0.3, -0.25) is 9.69 Å². The third-order valence-electron chi connectivity index (χ3n) is 4.47. The molecule has 1 aliphatic rings. The molecule has 1 heterocycles. The standard InChI is InChI=1S/C20H28N2O3S/c1-19(2,3)22(18(24)25)20(11-14-26-15-12-20)17(23)21-13-7-10-16-8-5-4-6-9-16/h4-6,8-9,11,14H,7,10,12-13,15H2,1-3H3,(H,21,23)(H,24,25). The van der Waals surface area contributed by atoms with E-state index >= 15 is 0 Å². The first-order valence-electron chi connectivity index (χ1n) is 8.92. The molecular weight excluding hydrogens is 348 g/mol. The predicted octanol–water partition coefficient (Wildman–Crippen LogP) is 3.90. The number of nitrogens with one attached hydrogen (secondary N) is 1. The second kappa shape index (κ2) is 8.62. The Kier molecular flexibility index (Phi) is 6.75. The van der Waals surface area contributed by atoms with Crippen molar-refractivity contribution in [1.82, 2.24) is 10.2 Å². The number of carbonyl (C=O) groups excluding carboxylic acids is 1. The Morgan fingerprint density at radius 2 is 1.96 bits per heavy atom. The van der Waals surface area contributed by atoms with Gasteiger partial charge in [0.05, 0.1) is 0 Å². The average molecular weight is 377 g/mol. The normalized spacial score (nSPS) is 19.8. The number of hydrogen-bond acceptors (Lipinski definition) is 3. The molecule has 1 unspecified atom stereocenters. The topological polar surface area (TPSA) is 69.6 Å². The molecular formula is C20H28N2O3S. The van der Waals surface area contributed by atoms with Gasteiger partial charge in [0.2, 0.25) is 5.91 Å². The highest BCUT2D eigenvalue weighted by Gasteiger charge is 2.49. The van der Waals surface area contributed by atoms with E-state index in [9.17, 15) is 14.7 Å². The zero-order valence-corrected chi connectivity index (χ0v) is 16.5. The summed E-state index contributed by atoms with van der Waals surface area (Å²) in [4.78, 5) is 26.3. The van der Waals surface area contributed by atoms with Gasteiger partial charge in [-0.2, -0.15) is 0 Å². The lowest BCUT2D eigenvalue weighted by atomic mass is 9.87. The van der Waals surface area contributed by atoms with Gasteiger partial charge in [0.15, 0.2) is 0 Å². The van der Waals surface area contributed by atoms with Crippen LogP contribution >= 0.6 is 11.8 Å². The van der Waals surface area contributed by atoms with Gasteiger partial charge in [-0.05, 0) is 57.1 Å². The summed E-state index contributed by atoms with van der Waals surface area (Å²) in [5.41, 5.74) is -0.603. The molecule has 5 nitrogen and oxygen atoms in total. The maximum atomic E-state index is 13.0. The molecule has 0 saturated carbocycles. The fraction of sp³-hybridized carbons (Fsp3) is 0.500. The number of carboxylic acid groups (broad SMARTS) is 1. The van der Waals surface area contributed by atoms with Crippen LogP contribution in [0.5, 0.6) is 0 Å². The van der Waals surface area contributed by atoms with Crippen LogP contribution in [-0.2, 0) is 11.2 Å². The highest BCUT2D eigenvalue weighted by atomic mass is 32.2. The Bertz CT molecular complexity index is 655. The van der Waals surface area contributed by atoms with Crippen LogP contribution < -0.4 is 5.32 Å². The molecule has 2 amide bonds. The van der Waals surface area contributed by atoms with Crippen LogP contribution in [0.2, 0.25) is 0 Å². The van der Waals surface area contributed by atoms with E-state index in [0.717, 1.165) is 12.8 Å². The number of rotatable bonds is 6. The van der Waals surface area contributed by atoms with E-state index in [0.29, 0.717) is 18.7 Å². The van der Waals surface area contributed by atoms with E-state index in [2.05, 4.69) is 17.4 Å². The zero-order chi connectivity index (χ0) is 19.2. The van der Waals surface area contributed by atoms with Gasteiger partial charge in [-0.25, -0.2) is 4.79 Å². The van der Waals surface area contributed by atoms with E-state index in [-0.39, 0.29) is 5.91 Å². The van der Waals surface area contributed by atoms with Crippen LogP contribution in [0.4, 0.5) is 4.79 Å². The Balaban J connectivity index is 2.08. The summed E-state index contributed by atoms with van der Waals surface area (Å²) in [6, 6.07) is 10.1. The molecule has 1 atom stereocenters. The number of hydrogen-bond donors (Lipinski definition) is 2. The van der Waals surface area contributed by atoms with Gasteiger partial charge >= 0.3 is 6.09 Å². The first-order valence-corrected chi connectivity index (χ1v) is 9.97. The highest BCUT2D eigenvalue weighted by Crippen LogP contribution is 2.35. The smallest absolute Gasteiger partial charge is 0.408 e. The minimum atomic E-state index is -1.15. The monoisotopic (exact) mass is 376 g/mol. The summed E-state index contributed by atoms with van der Waals surface area (Å²) in [6.45, 7) is 5.98. The molecule has 1 aromatic rings. The van der Waals surface area contributed by atoms with Crippen molar-refractivity contribution in [2.24, 2.45) is 0 Å². The molecule has 0 bridgehead atoms. The SMILES string of the molecule is CC(C)(C)N(C(=O)O)C1(C(=O)NCCCc2ccccc2)C=CSCC1. The molecule has 0 spiro atoms. The van der Waals surface area contributed by atoms with Crippen LogP contribution in [0.3, 0.4) is 0 Å². The van der Waals surface area contributed by atoms with Crippen molar-refractivity contribution in [3.63, 3.8) is 0 Å². The largest absolute Gasteiger partial charge is 0.465 e. The molecule has 2 rings (SSSR count). The van der Waals surface area contributed by atoms with Crippen LogP contribution in [0.15, 0.2) is 41.8 Å². The number of thioether (sulfide) groups is 1. The molecule has 0 fully saturated rings. The van der Waals surface area contributed by atoms with Crippen molar-refractivity contribution in [1.29, 1.82) is 0 Å². The van der Waals surface area contributed by atoms with Gasteiger partial charge < -0.3 is 10.4 Å². The van der Waals surface area contributed by atoms with Crippen LogP contribution in [0.1, 0.15) is 39.2 Å². The third kappa shape index (κ3) is 4.81. The molecule has 1 aliphatic heterocycles. The summed E-state index contributed by atoms with van der Waals surface area (Å²) in [5.74, 6) is 0.479. The average Bonchev–Trinajstić information content (AvgIpc) is 2.58. The number of benzene rings is 1. The highest BCUT2D eigenvalue weighted by molar-refractivity contribution is 8.02. The first-order chi connectivity index (χ1) is 12.3. The molecule has 2 N–H and O–H groups in total. The van der Waals surface area contributed by atoms with E-state index in [1.54, 1.807) is 17.8 Å². The number of nitrogens with zero attached hydrogens (tertiary/aromatic N) is 1. The van der Waals surface area contributed by atoms with Crippen molar-refractivity contribution in [2.75, 3.05) is 12.3 Å². The van der Waals surface area contributed by atoms with Crippen molar-refractivity contribution in [3.05, 3.63) is 47.4 Å². The predicted molar refractivity (Wildman–Crippen MR) is 106 cm³/mol. The lowest BCUT2D eigenvalue weighted by Crippen LogP contribution is -2.65. The first kappa shape index (κ1) is 20.4. The van der Waals surface area contributed by atoms with Crippen molar-refractivity contribution < 1.29 is 14.7 Å². The summed E-state index contributed by atoms with van der Waals surface area (Å²) < 4.78 is 0. The molecule has 142 valence electrons. The second-order valence-corrected chi connectivity index (χ2v) is 8.50. The Labute approximate surface area is 159 Å². The zero-order valence-electron chi connectivity index (χ0n) is 15.7. The van der Waals surface area contributed by atoms with E-state index in [1.807, 2.05) is 44.4 Å². The lowest BCUT2D eigenvalue weighted by molar-refractivity contribution is -0.132. The van der Waals surface area contributed by atoms with E-state index in [1.165, 1.54) is 10.5 Å². The number of carbonyl (C=O) groups is 2. The molecule has 0 aliphatic carbocycles. The Hall–Kier alpha value is -1.95. The van der Waals surface area contributed by atoms with Crippen LogP contribution in [-0.4, -0.2) is 45.4 Å². The fourth-order valence-electron chi connectivity index (χ4n) is 3.35. The molecule has 0 radical (unpaired) electrons. The van der Waals surface area contributed by atoms with Crippen molar-refractivity contribution in [3.8, 4) is 0 Å². The van der Waals surface area contributed by atoms with Gasteiger partial charge in [0.25, 0.3) is 0 Å².